The largest absolute Gasteiger partial charge is 0.361 e. The van der Waals surface area contributed by atoms with Crippen molar-refractivity contribution in [2.75, 3.05) is 6.54 Å². The van der Waals surface area contributed by atoms with Crippen molar-refractivity contribution in [1.82, 2.24) is 10.3 Å². The number of aryl methyl sites for hydroxylation is 1. The van der Waals surface area contributed by atoms with E-state index in [1.165, 1.54) is 5.56 Å². The summed E-state index contributed by atoms with van der Waals surface area (Å²) in [5.41, 5.74) is 2.91. The molecule has 3 rings (SSSR count). The number of hydrogen-bond acceptors (Lipinski definition) is 1. The Morgan fingerprint density at radius 2 is 1.86 bits per heavy atom. The maximum atomic E-state index is 12.2. The first-order chi connectivity index (χ1) is 10.3. The Bertz CT molecular complexity index is 731. The average Bonchev–Trinajstić information content (AvgIpc) is 3.01. The van der Waals surface area contributed by atoms with Crippen LogP contribution in [0.1, 0.15) is 22.3 Å². The molecule has 0 spiro atoms. The van der Waals surface area contributed by atoms with Gasteiger partial charge in [0.2, 0.25) is 0 Å². The summed E-state index contributed by atoms with van der Waals surface area (Å²) in [6, 6.07) is 18.1. The van der Waals surface area contributed by atoms with Crippen molar-refractivity contribution in [2.24, 2.45) is 0 Å². The molecule has 2 N–H and O–H groups in total. The van der Waals surface area contributed by atoms with Gasteiger partial charge in [0.1, 0.15) is 0 Å². The number of benzene rings is 2. The lowest BCUT2D eigenvalue weighted by atomic mass is 10.1. The monoisotopic (exact) mass is 278 g/mol. The van der Waals surface area contributed by atoms with Gasteiger partial charge in [0.25, 0.3) is 5.91 Å². The highest BCUT2D eigenvalue weighted by Gasteiger charge is 2.09. The first kappa shape index (κ1) is 13.4. The minimum Gasteiger partial charge on any atom is -0.361 e. The quantitative estimate of drug-likeness (QED) is 0.689. The number of hydrogen-bond donors (Lipinski definition) is 2. The van der Waals surface area contributed by atoms with Crippen LogP contribution in [0.3, 0.4) is 0 Å². The van der Waals surface area contributed by atoms with Gasteiger partial charge in [-0.25, -0.2) is 0 Å². The first-order valence-electron chi connectivity index (χ1n) is 7.23. The van der Waals surface area contributed by atoms with E-state index in [1.807, 2.05) is 48.7 Å². The first-order valence-corrected chi connectivity index (χ1v) is 7.23. The van der Waals surface area contributed by atoms with Crippen molar-refractivity contribution < 1.29 is 4.79 Å². The molecule has 1 aromatic heterocycles. The van der Waals surface area contributed by atoms with E-state index < -0.39 is 0 Å². The number of H-pyrrole nitrogens is 1. The number of rotatable bonds is 5. The van der Waals surface area contributed by atoms with Crippen LogP contribution in [0.2, 0.25) is 0 Å². The Morgan fingerprint density at radius 1 is 1.00 bits per heavy atom. The molecule has 3 heteroatoms. The van der Waals surface area contributed by atoms with E-state index in [0.717, 1.165) is 23.7 Å². The molecule has 1 amide bonds. The zero-order chi connectivity index (χ0) is 14.5. The molecular weight excluding hydrogens is 260 g/mol. The van der Waals surface area contributed by atoms with Crippen molar-refractivity contribution in [3.05, 3.63) is 71.9 Å². The van der Waals surface area contributed by atoms with Crippen molar-refractivity contribution in [3.63, 3.8) is 0 Å². The molecule has 0 aliphatic heterocycles. The molecule has 0 saturated carbocycles. The lowest BCUT2D eigenvalue weighted by molar-refractivity contribution is 0.0954. The Labute approximate surface area is 124 Å². The summed E-state index contributed by atoms with van der Waals surface area (Å²) in [6.07, 6.45) is 3.78. The van der Waals surface area contributed by atoms with Crippen LogP contribution in [0, 0.1) is 0 Å². The molecule has 3 aromatic rings. The highest BCUT2D eigenvalue weighted by atomic mass is 16.1. The topological polar surface area (TPSA) is 44.9 Å². The van der Waals surface area contributed by atoms with Gasteiger partial charge in [-0.2, -0.15) is 0 Å². The van der Waals surface area contributed by atoms with Gasteiger partial charge >= 0.3 is 0 Å². The molecule has 0 bridgehead atoms. The Kier molecular flexibility index (Phi) is 4.01. The van der Waals surface area contributed by atoms with Crippen LogP contribution in [-0.4, -0.2) is 17.4 Å². The van der Waals surface area contributed by atoms with E-state index in [2.05, 4.69) is 22.4 Å². The normalized spacial score (nSPS) is 10.7. The van der Waals surface area contributed by atoms with Gasteiger partial charge in [-0.15, -0.1) is 0 Å². The fourth-order valence-corrected chi connectivity index (χ4v) is 2.51. The summed E-state index contributed by atoms with van der Waals surface area (Å²) < 4.78 is 0. The number of fused-ring (bicyclic) bond motifs is 1. The number of para-hydroxylation sites is 1. The highest BCUT2D eigenvalue weighted by molar-refractivity contribution is 6.05. The van der Waals surface area contributed by atoms with Crippen LogP contribution >= 0.6 is 0 Å². The van der Waals surface area contributed by atoms with Crippen LogP contribution in [0.4, 0.5) is 0 Å². The summed E-state index contributed by atoms with van der Waals surface area (Å²) in [4.78, 5) is 15.4. The third-order valence-electron chi connectivity index (χ3n) is 3.60. The summed E-state index contributed by atoms with van der Waals surface area (Å²) >= 11 is 0. The molecule has 21 heavy (non-hydrogen) atoms. The van der Waals surface area contributed by atoms with E-state index in [1.54, 1.807) is 0 Å². The minimum atomic E-state index is -0.0175. The molecule has 0 radical (unpaired) electrons. The second-order valence-corrected chi connectivity index (χ2v) is 5.09. The van der Waals surface area contributed by atoms with Crippen LogP contribution in [0.5, 0.6) is 0 Å². The van der Waals surface area contributed by atoms with Crippen molar-refractivity contribution >= 4 is 16.8 Å². The molecular formula is C18H18N2O. The SMILES string of the molecule is O=C(NCCCc1ccccc1)c1cccc2cc[nH]c12. The van der Waals surface area contributed by atoms with Crippen LogP contribution in [-0.2, 0) is 6.42 Å². The van der Waals surface area contributed by atoms with Gasteiger partial charge in [-0.1, -0.05) is 42.5 Å². The Balaban J connectivity index is 1.56. The summed E-state index contributed by atoms with van der Waals surface area (Å²) in [7, 11) is 0. The molecule has 0 saturated heterocycles. The van der Waals surface area contributed by atoms with Gasteiger partial charge in [-0.05, 0) is 30.5 Å². The number of aromatic amines is 1. The van der Waals surface area contributed by atoms with E-state index in [4.69, 9.17) is 0 Å². The van der Waals surface area contributed by atoms with Gasteiger partial charge in [0.05, 0.1) is 11.1 Å². The van der Waals surface area contributed by atoms with Crippen LogP contribution < -0.4 is 5.32 Å². The number of carbonyl (C=O) groups is 1. The third kappa shape index (κ3) is 3.14. The zero-order valence-corrected chi connectivity index (χ0v) is 11.8. The van der Waals surface area contributed by atoms with E-state index in [-0.39, 0.29) is 5.91 Å². The van der Waals surface area contributed by atoms with Crippen LogP contribution in [0.15, 0.2) is 60.8 Å². The minimum absolute atomic E-state index is 0.0175. The number of aromatic nitrogens is 1. The molecule has 0 atom stereocenters. The average molecular weight is 278 g/mol. The van der Waals surface area contributed by atoms with Gasteiger partial charge in [0, 0.05) is 18.1 Å². The predicted molar refractivity (Wildman–Crippen MR) is 85.4 cm³/mol. The Morgan fingerprint density at radius 3 is 2.71 bits per heavy atom. The van der Waals surface area contributed by atoms with E-state index >= 15 is 0 Å². The van der Waals surface area contributed by atoms with Gasteiger partial charge in [0.15, 0.2) is 0 Å². The molecule has 106 valence electrons. The lowest BCUT2D eigenvalue weighted by Crippen LogP contribution is -2.25. The summed E-state index contributed by atoms with van der Waals surface area (Å²) in [5, 5.41) is 4.05. The molecule has 1 heterocycles. The zero-order valence-electron chi connectivity index (χ0n) is 11.8. The van der Waals surface area contributed by atoms with Crippen molar-refractivity contribution in [1.29, 1.82) is 0 Å². The molecule has 0 aliphatic rings. The number of nitrogens with one attached hydrogen (secondary N) is 2. The second-order valence-electron chi connectivity index (χ2n) is 5.09. The lowest BCUT2D eigenvalue weighted by Gasteiger charge is -2.06. The van der Waals surface area contributed by atoms with Gasteiger partial charge < -0.3 is 10.3 Å². The van der Waals surface area contributed by atoms with E-state index in [9.17, 15) is 4.79 Å². The Hall–Kier alpha value is -2.55. The predicted octanol–water partition coefficient (Wildman–Crippen LogP) is 3.53. The standard InChI is InChI=1S/C18H18N2O/c21-18(16-10-4-9-15-11-13-19-17(15)16)20-12-5-8-14-6-2-1-3-7-14/h1-4,6-7,9-11,13,19H,5,8,12H2,(H,20,21). The smallest absolute Gasteiger partial charge is 0.253 e. The van der Waals surface area contributed by atoms with E-state index in [0.29, 0.717) is 12.1 Å². The van der Waals surface area contributed by atoms with Crippen molar-refractivity contribution in [3.8, 4) is 0 Å². The maximum absolute atomic E-state index is 12.2. The summed E-state index contributed by atoms with van der Waals surface area (Å²) in [6.45, 7) is 0.685. The summed E-state index contributed by atoms with van der Waals surface area (Å²) in [5.74, 6) is -0.0175. The third-order valence-corrected chi connectivity index (χ3v) is 3.60. The van der Waals surface area contributed by atoms with Gasteiger partial charge in [-0.3, -0.25) is 4.79 Å². The fraction of sp³-hybridized carbons (Fsp3) is 0.167. The fourth-order valence-electron chi connectivity index (χ4n) is 2.51. The van der Waals surface area contributed by atoms with Crippen molar-refractivity contribution in [2.45, 2.75) is 12.8 Å². The highest BCUT2D eigenvalue weighted by Crippen LogP contribution is 2.16. The second kappa shape index (κ2) is 6.27. The molecule has 0 aliphatic carbocycles. The molecule has 2 aromatic carbocycles. The van der Waals surface area contributed by atoms with Crippen LogP contribution in [0.25, 0.3) is 10.9 Å². The molecule has 0 fully saturated rings. The maximum Gasteiger partial charge on any atom is 0.253 e. The number of carbonyl (C=O) groups excluding carboxylic acids is 1. The molecule has 0 unspecified atom stereocenters. The number of amides is 1. The molecule has 3 nitrogen and oxygen atoms in total.